The van der Waals surface area contributed by atoms with Gasteiger partial charge in [0.05, 0.1) is 0 Å². The summed E-state index contributed by atoms with van der Waals surface area (Å²) in [5, 5.41) is 0. The first-order chi connectivity index (χ1) is 10.9. The van der Waals surface area contributed by atoms with E-state index in [2.05, 4.69) is 13.2 Å². The maximum Gasteiger partial charge on any atom is 0.337 e. The number of carbonyl (C=O) groups is 3. The third-order valence-electron chi connectivity index (χ3n) is 2.98. The maximum absolute atomic E-state index is 12.3. The van der Waals surface area contributed by atoms with Gasteiger partial charge < -0.3 is 14.2 Å². The fraction of sp³-hybridized carbons (Fsp3) is 0.500. The van der Waals surface area contributed by atoms with E-state index in [1.165, 1.54) is 20.8 Å². The van der Waals surface area contributed by atoms with Crippen molar-refractivity contribution in [1.82, 2.24) is 0 Å². The van der Waals surface area contributed by atoms with Crippen molar-refractivity contribution in [2.24, 2.45) is 0 Å². The highest BCUT2D eigenvalue weighted by Crippen LogP contribution is 2.20. The van der Waals surface area contributed by atoms with Gasteiger partial charge in [-0.1, -0.05) is 25.7 Å². The highest BCUT2D eigenvalue weighted by atomic mass is 16.7. The molecule has 0 radical (unpaired) electrons. The molecule has 0 N–H and O–H groups in total. The van der Waals surface area contributed by atoms with E-state index in [4.69, 9.17) is 14.2 Å². The largest absolute Gasteiger partial charge is 0.454 e. The molecule has 1 atom stereocenters. The smallest absolute Gasteiger partial charge is 0.337 e. The highest BCUT2D eigenvalue weighted by Gasteiger charge is 2.36. The summed E-state index contributed by atoms with van der Waals surface area (Å²) in [6.07, 6.45) is 0.456. The van der Waals surface area contributed by atoms with Crippen LogP contribution in [-0.2, 0) is 28.6 Å². The predicted molar refractivity (Wildman–Crippen MR) is 89.8 cm³/mol. The first-order valence-corrected chi connectivity index (χ1v) is 7.54. The summed E-state index contributed by atoms with van der Waals surface area (Å²) >= 11 is 0. The van der Waals surface area contributed by atoms with Gasteiger partial charge in [-0.25, -0.2) is 14.4 Å². The third kappa shape index (κ3) is 6.81. The van der Waals surface area contributed by atoms with Crippen LogP contribution in [0.4, 0.5) is 0 Å². The topological polar surface area (TPSA) is 78.9 Å². The summed E-state index contributed by atoms with van der Waals surface area (Å²) in [5.41, 5.74) is 1.55. The average molecular weight is 338 g/mol. The minimum atomic E-state index is -1.77. The van der Waals surface area contributed by atoms with E-state index in [0.29, 0.717) is 12.0 Å². The predicted octanol–water partition coefficient (Wildman–Crippen LogP) is 3.23. The Labute approximate surface area is 143 Å². The number of hydrogen-bond donors (Lipinski definition) is 0. The van der Waals surface area contributed by atoms with Gasteiger partial charge in [0.1, 0.15) is 0 Å². The van der Waals surface area contributed by atoms with Gasteiger partial charge in [-0.3, -0.25) is 0 Å². The molecule has 0 aromatic rings. The monoisotopic (exact) mass is 338 g/mol. The standard InChI is InChI=1S/C18H26O6/c1-9-14(11(2)3)17(21)24-18(8,23-16(20)13(6)7)10-22-15(19)12(4)5/h4,6,9-10H2,1-3,5,7-8H3. The first kappa shape index (κ1) is 21.6. The maximum atomic E-state index is 12.3. The number of hydrogen-bond acceptors (Lipinski definition) is 6. The SMILES string of the molecule is C=C(C)C(=O)OCC(C)(OC(=O)C(=C)C)OC(=O)C(CC)=C(C)C. The minimum absolute atomic E-state index is 0.126. The zero-order chi connectivity index (χ0) is 19.1. The van der Waals surface area contributed by atoms with Gasteiger partial charge in [-0.15, -0.1) is 0 Å². The first-order valence-electron chi connectivity index (χ1n) is 7.54. The highest BCUT2D eigenvalue weighted by molar-refractivity contribution is 5.90. The molecule has 0 aliphatic rings. The van der Waals surface area contributed by atoms with Crippen LogP contribution in [0, 0.1) is 0 Å². The molecule has 0 aromatic heterocycles. The van der Waals surface area contributed by atoms with Gasteiger partial charge in [0.15, 0.2) is 6.61 Å². The molecule has 1 unspecified atom stereocenters. The van der Waals surface area contributed by atoms with E-state index in [1.54, 1.807) is 13.8 Å². The Morgan fingerprint density at radius 2 is 1.33 bits per heavy atom. The van der Waals surface area contributed by atoms with Gasteiger partial charge in [0, 0.05) is 23.6 Å². The summed E-state index contributed by atoms with van der Waals surface area (Å²) in [6, 6.07) is 0. The second-order valence-corrected chi connectivity index (χ2v) is 5.88. The van der Waals surface area contributed by atoms with Gasteiger partial charge in [0.2, 0.25) is 0 Å². The molecular weight excluding hydrogens is 312 g/mol. The van der Waals surface area contributed by atoms with E-state index in [1.807, 2.05) is 6.92 Å². The molecule has 0 fully saturated rings. The van der Waals surface area contributed by atoms with Crippen molar-refractivity contribution >= 4 is 17.9 Å². The van der Waals surface area contributed by atoms with Gasteiger partial charge in [-0.05, 0) is 34.1 Å². The van der Waals surface area contributed by atoms with Crippen LogP contribution < -0.4 is 0 Å². The van der Waals surface area contributed by atoms with Crippen LogP contribution in [0.15, 0.2) is 35.5 Å². The number of carbonyl (C=O) groups excluding carboxylic acids is 3. The normalized spacial score (nSPS) is 12.4. The van der Waals surface area contributed by atoms with E-state index in [0.717, 1.165) is 5.57 Å². The zero-order valence-electron chi connectivity index (χ0n) is 15.3. The minimum Gasteiger partial charge on any atom is -0.454 e. The molecule has 0 heterocycles. The molecule has 6 heteroatoms. The summed E-state index contributed by atoms with van der Waals surface area (Å²) in [6.45, 7) is 16.1. The molecule has 0 rings (SSSR count). The summed E-state index contributed by atoms with van der Waals surface area (Å²) in [5.74, 6) is -3.84. The summed E-state index contributed by atoms with van der Waals surface area (Å²) < 4.78 is 15.5. The summed E-state index contributed by atoms with van der Waals surface area (Å²) in [4.78, 5) is 35.7. The van der Waals surface area contributed by atoms with Crippen molar-refractivity contribution < 1.29 is 28.6 Å². The number of allylic oxidation sites excluding steroid dienone is 1. The van der Waals surface area contributed by atoms with Gasteiger partial charge in [-0.2, -0.15) is 0 Å². The van der Waals surface area contributed by atoms with Crippen LogP contribution in [0.3, 0.4) is 0 Å². The molecule has 24 heavy (non-hydrogen) atoms. The molecule has 134 valence electrons. The second-order valence-electron chi connectivity index (χ2n) is 5.88. The molecule has 0 aliphatic heterocycles. The average Bonchev–Trinajstić information content (AvgIpc) is 2.44. The van der Waals surface area contributed by atoms with E-state index in [-0.39, 0.29) is 11.1 Å². The third-order valence-corrected chi connectivity index (χ3v) is 2.98. The number of esters is 3. The fourth-order valence-corrected chi connectivity index (χ4v) is 1.64. The van der Waals surface area contributed by atoms with Crippen LogP contribution in [0.5, 0.6) is 0 Å². The Kier molecular flexibility index (Phi) is 8.16. The van der Waals surface area contributed by atoms with Gasteiger partial charge in [0.25, 0.3) is 5.79 Å². The van der Waals surface area contributed by atoms with Crippen LogP contribution in [-0.4, -0.2) is 30.3 Å². The van der Waals surface area contributed by atoms with Crippen molar-refractivity contribution in [2.45, 2.75) is 53.8 Å². The Morgan fingerprint density at radius 1 is 0.875 bits per heavy atom. The van der Waals surface area contributed by atoms with Crippen molar-refractivity contribution in [3.05, 3.63) is 35.5 Å². The lowest BCUT2D eigenvalue weighted by Crippen LogP contribution is -2.42. The molecule has 6 nitrogen and oxygen atoms in total. The molecule has 0 spiro atoms. The molecule has 0 amide bonds. The molecule has 0 aliphatic carbocycles. The Hall–Kier alpha value is -2.37. The Bertz CT molecular complexity index is 580. The van der Waals surface area contributed by atoms with Crippen LogP contribution in [0.25, 0.3) is 0 Å². The second kappa shape index (κ2) is 9.05. The van der Waals surface area contributed by atoms with Crippen molar-refractivity contribution in [1.29, 1.82) is 0 Å². The summed E-state index contributed by atoms with van der Waals surface area (Å²) in [7, 11) is 0. The van der Waals surface area contributed by atoms with Crippen LogP contribution >= 0.6 is 0 Å². The molecule has 0 saturated heterocycles. The lowest BCUT2D eigenvalue weighted by Gasteiger charge is -2.29. The fourth-order valence-electron chi connectivity index (χ4n) is 1.64. The Balaban J connectivity index is 5.38. The molecule has 0 aromatic carbocycles. The molecule has 0 saturated carbocycles. The lowest BCUT2D eigenvalue weighted by molar-refractivity contribution is -0.232. The molecular formula is C18H26O6. The van der Waals surface area contributed by atoms with E-state index >= 15 is 0 Å². The van der Waals surface area contributed by atoms with Crippen molar-refractivity contribution in [2.75, 3.05) is 6.61 Å². The number of ether oxygens (including phenoxy) is 3. The lowest BCUT2D eigenvalue weighted by atomic mass is 10.1. The van der Waals surface area contributed by atoms with Gasteiger partial charge >= 0.3 is 17.9 Å². The number of rotatable bonds is 8. The zero-order valence-corrected chi connectivity index (χ0v) is 15.3. The Morgan fingerprint density at radius 3 is 1.71 bits per heavy atom. The van der Waals surface area contributed by atoms with Crippen molar-refractivity contribution in [3.8, 4) is 0 Å². The van der Waals surface area contributed by atoms with Crippen LogP contribution in [0.2, 0.25) is 0 Å². The van der Waals surface area contributed by atoms with Crippen LogP contribution in [0.1, 0.15) is 48.0 Å². The van der Waals surface area contributed by atoms with Crippen molar-refractivity contribution in [3.63, 3.8) is 0 Å². The molecule has 0 bridgehead atoms. The van der Waals surface area contributed by atoms with E-state index in [9.17, 15) is 14.4 Å². The van der Waals surface area contributed by atoms with E-state index < -0.39 is 30.3 Å². The quantitative estimate of drug-likeness (QED) is 0.384.